The average molecular weight is 307 g/mol. The third-order valence-corrected chi connectivity index (χ3v) is 6.91. The molecule has 0 heterocycles. The highest BCUT2D eigenvalue weighted by Crippen LogP contribution is 2.32. The van der Waals surface area contributed by atoms with Gasteiger partial charge in [-0.2, -0.15) is 0 Å². The Morgan fingerprint density at radius 1 is 1.05 bits per heavy atom. The van der Waals surface area contributed by atoms with Crippen LogP contribution in [-0.2, 0) is 0 Å². The largest absolute Gasteiger partial charge is 0.478 e. The minimum atomic E-state index is -1.29. The number of carboxylic acid groups (broad SMARTS) is 1. The van der Waals surface area contributed by atoms with Crippen molar-refractivity contribution in [1.29, 1.82) is 0 Å². The maximum atomic E-state index is 11.0. The Kier molecular flexibility index (Phi) is 7.16. The second kappa shape index (κ2) is 8.37. The monoisotopic (exact) mass is 306 g/mol. The predicted octanol–water partition coefficient (Wildman–Crippen LogP) is 5.71. The summed E-state index contributed by atoms with van der Waals surface area (Å²) in [6.07, 6.45) is 7.81. The third kappa shape index (κ3) is 6.04. The highest BCUT2D eigenvalue weighted by molar-refractivity contribution is 6.77. The molecule has 0 bridgehead atoms. The van der Waals surface area contributed by atoms with E-state index in [4.69, 9.17) is 5.11 Å². The van der Waals surface area contributed by atoms with Gasteiger partial charge in [0.15, 0.2) is 0 Å². The van der Waals surface area contributed by atoms with Gasteiger partial charge in [0.2, 0.25) is 0 Å². The Morgan fingerprint density at radius 3 is 2.10 bits per heavy atom. The SMILES string of the molecule is CCCCCCCC(c1ccc(C(=O)O)cc1)[Si](C)(C)C. The molecule has 118 valence electrons. The second-order valence-electron chi connectivity index (χ2n) is 7.05. The molecule has 0 fully saturated rings. The summed E-state index contributed by atoms with van der Waals surface area (Å²) < 4.78 is 0. The quantitative estimate of drug-likeness (QED) is 0.469. The molecule has 2 nitrogen and oxygen atoms in total. The first kappa shape index (κ1) is 18.0. The number of benzene rings is 1. The molecule has 0 aromatic heterocycles. The van der Waals surface area contributed by atoms with E-state index in [0.717, 1.165) is 0 Å². The molecule has 1 aromatic rings. The van der Waals surface area contributed by atoms with Crippen LogP contribution in [0.1, 0.15) is 66.9 Å². The first-order chi connectivity index (χ1) is 9.86. The van der Waals surface area contributed by atoms with Gasteiger partial charge in [0.25, 0.3) is 0 Å². The van der Waals surface area contributed by atoms with Gasteiger partial charge in [-0.25, -0.2) is 4.79 Å². The molecule has 1 N–H and O–H groups in total. The highest BCUT2D eigenvalue weighted by Gasteiger charge is 2.27. The molecule has 1 atom stereocenters. The summed E-state index contributed by atoms with van der Waals surface area (Å²) in [5, 5.41) is 9.01. The van der Waals surface area contributed by atoms with Gasteiger partial charge in [-0.15, -0.1) is 0 Å². The Labute approximate surface area is 130 Å². The number of unbranched alkanes of at least 4 members (excludes halogenated alkanes) is 4. The van der Waals surface area contributed by atoms with Gasteiger partial charge in [-0.3, -0.25) is 0 Å². The minimum absolute atomic E-state index is 0.385. The summed E-state index contributed by atoms with van der Waals surface area (Å²) in [5.74, 6) is -0.842. The lowest BCUT2D eigenvalue weighted by molar-refractivity contribution is 0.0697. The fraction of sp³-hybridized carbons (Fsp3) is 0.611. The van der Waals surface area contributed by atoms with Crippen molar-refractivity contribution in [2.45, 2.75) is 70.6 Å². The topological polar surface area (TPSA) is 37.3 Å². The molecule has 0 saturated heterocycles. The average Bonchev–Trinajstić information content (AvgIpc) is 2.41. The molecule has 0 saturated carbocycles. The molecule has 0 radical (unpaired) electrons. The molecule has 0 aliphatic rings. The number of hydrogen-bond acceptors (Lipinski definition) is 1. The van der Waals surface area contributed by atoms with E-state index < -0.39 is 14.0 Å². The van der Waals surface area contributed by atoms with E-state index in [1.807, 2.05) is 12.1 Å². The Hall–Kier alpha value is -1.09. The molecule has 1 aromatic carbocycles. The number of hydrogen-bond donors (Lipinski definition) is 1. The summed E-state index contributed by atoms with van der Waals surface area (Å²) in [6.45, 7) is 9.48. The molecule has 0 aliphatic carbocycles. The molecule has 0 spiro atoms. The maximum absolute atomic E-state index is 11.0. The van der Waals surface area contributed by atoms with Crippen LogP contribution in [0, 0.1) is 0 Å². The van der Waals surface area contributed by atoms with Crippen LogP contribution in [0.15, 0.2) is 24.3 Å². The van der Waals surface area contributed by atoms with Crippen molar-refractivity contribution in [3.05, 3.63) is 35.4 Å². The van der Waals surface area contributed by atoms with Crippen molar-refractivity contribution in [1.82, 2.24) is 0 Å². The first-order valence-electron chi connectivity index (χ1n) is 8.19. The van der Waals surface area contributed by atoms with Crippen molar-refractivity contribution >= 4 is 14.0 Å². The van der Waals surface area contributed by atoms with Gasteiger partial charge < -0.3 is 5.11 Å². The van der Waals surface area contributed by atoms with Gasteiger partial charge in [0.05, 0.1) is 13.6 Å². The number of aromatic carboxylic acids is 1. The van der Waals surface area contributed by atoms with Gasteiger partial charge in [-0.05, 0) is 29.7 Å². The summed E-state index contributed by atoms with van der Waals surface area (Å²) in [4.78, 5) is 11.0. The van der Waals surface area contributed by atoms with E-state index in [1.165, 1.54) is 44.1 Å². The van der Waals surface area contributed by atoms with E-state index in [2.05, 4.69) is 26.6 Å². The van der Waals surface area contributed by atoms with Crippen molar-refractivity contribution in [2.24, 2.45) is 0 Å². The van der Waals surface area contributed by atoms with E-state index in [0.29, 0.717) is 11.1 Å². The molecule has 3 heteroatoms. The predicted molar refractivity (Wildman–Crippen MR) is 92.9 cm³/mol. The van der Waals surface area contributed by atoms with E-state index in [9.17, 15) is 4.79 Å². The van der Waals surface area contributed by atoms with Crippen LogP contribution in [0.25, 0.3) is 0 Å². The van der Waals surface area contributed by atoms with Crippen LogP contribution in [0.5, 0.6) is 0 Å². The van der Waals surface area contributed by atoms with Gasteiger partial charge >= 0.3 is 5.97 Å². The number of carbonyl (C=O) groups is 1. The van der Waals surface area contributed by atoms with Crippen LogP contribution >= 0.6 is 0 Å². The number of carboxylic acids is 1. The molecular weight excluding hydrogens is 276 g/mol. The normalized spacial score (nSPS) is 13.1. The lowest BCUT2D eigenvalue weighted by Gasteiger charge is -2.29. The smallest absolute Gasteiger partial charge is 0.335 e. The van der Waals surface area contributed by atoms with Crippen molar-refractivity contribution < 1.29 is 9.90 Å². The van der Waals surface area contributed by atoms with E-state index >= 15 is 0 Å². The minimum Gasteiger partial charge on any atom is -0.478 e. The lowest BCUT2D eigenvalue weighted by atomic mass is 10.0. The molecule has 1 rings (SSSR count). The van der Waals surface area contributed by atoms with Crippen LogP contribution in [0.2, 0.25) is 19.6 Å². The van der Waals surface area contributed by atoms with Crippen LogP contribution in [0.4, 0.5) is 0 Å². The summed E-state index contributed by atoms with van der Waals surface area (Å²) >= 11 is 0. The molecule has 0 aliphatic heterocycles. The fourth-order valence-electron chi connectivity index (χ4n) is 2.91. The highest BCUT2D eigenvalue weighted by atomic mass is 28.3. The Bertz CT molecular complexity index is 432. The number of rotatable bonds is 9. The van der Waals surface area contributed by atoms with Crippen LogP contribution < -0.4 is 0 Å². The van der Waals surface area contributed by atoms with Gasteiger partial charge in [0.1, 0.15) is 0 Å². The zero-order valence-electron chi connectivity index (χ0n) is 14.0. The van der Waals surface area contributed by atoms with Crippen LogP contribution in [0.3, 0.4) is 0 Å². The van der Waals surface area contributed by atoms with E-state index in [1.54, 1.807) is 12.1 Å². The second-order valence-corrected chi connectivity index (χ2v) is 12.5. The molecule has 21 heavy (non-hydrogen) atoms. The summed E-state index contributed by atoms with van der Waals surface area (Å²) in [6, 6.07) is 7.56. The lowest BCUT2D eigenvalue weighted by Crippen LogP contribution is -2.31. The van der Waals surface area contributed by atoms with Crippen molar-refractivity contribution in [2.75, 3.05) is 0 Å². The van der Waals surface area contributed by atoms with Crippen LogP contribution in [-0.4, -0.2) is 19.1 Å². The maximum Gasteiger partial charge on any atom is 0.335 e. The summed E-state index contributed by atoms with van der Waals surface area (Å²) in [7, 11) is -1.29. The fourth-order valence-corrected chi connectivity index (χ4v) is 5.17. The zero-order chi connectivity index (χ0) is 15.9. The standard InChI is InChI=1S/C18H30O2Si/c1-5-6-7-8-9-10-17(21(2,3)4)15-11-13-16(14-12-15)18(19)20/h11-14,17H,5-10H2,1-4H3,(H,19,20). The summed E-state index contributed by atoms with van der Waals surface area (Å²) in [5.41, 5.74) is 2.34. The third-order valence-electron chi connectivity index (χ3n) is 4.20. The zero-order valence-corrected chi connectivity index (χ0v) is 15.0. The molecule has 1 unspecified atom stereocenters. The first-order valence-corrected chi connectivity index (χ1v) is 11.8. The Morgan fingerprint density at radius 2 is 1.62 bits per heavy atom. The van der Waals surface area contributed by atoms with Gasteiger partial charge in [0, 0.05) is 0 Å². The van der Waals surface area contributed by atoms with E-state index in [-0.39, 0.29) is 0 Å². The molecular formula is C18H30O2Si. The Balaban J connectivity index is 2.71. The van der Waals surface area contributed by atoms with Crippen molar-refractivity contribution in [3.63, 3.8) is 0 Å². The van der Waals surface area contributed by atoms with Gasteiger partial charge in [-0.1, -0.05) is 70.8 Å². The molecule has 0 amide bonds. The van der Waals surface area contributed by atoms with Crippen molar-refractivity contribution in [3.8, 4) is 0 Å².